The van der Waals surface area contributed by atoms with Crippen molar-refractivity contribution in [1.29, 1.82) is 0 Å². The lowest BCUT2D eigenvalue weighted by Crippen LogP contribution is -2.01. The molecular weight excluding hydrogens is 687 g/mol. The number of benzene rings is 7. The Morgan fingerprint density at radius 3 is 1.40 bits per heavy atom. The Bertz CT molecular complexity index is 2730. The van der Waals surface area contributed by atoms with E-state index in [0.29, 0.717) is 17.5 Å². The van der Waals surface area contributed by atoms with Gasteiger partial charge in [0.15, 0.2) is 17.5 Å². The minimum atomic E-state index is 0.672. The van der Waals surface area contributed by atoms with Crippen LogP contribution < -0.4 is 0 Å². The van der Waals surface area contributed by atoms with Crippen LogP contribution >= 0.6 is 11.3 Å². The maximum atomic E-state index is 5.12. The summed E-state index contributed by atoms with van der Waals surface area (Å²) in [5.74, 6) is 2.03. The number of aromatic nitrogens is 3. The topological polar surface area (TPSA) is 38.7 Å². The quantitative estimate of drug-likeness (QED) is 0.164. The van der Waals surface area contributed by atoms with Crippen LogP contribution in [0.15, 0.2) is 182 Å². The van der Waals surface area contributed by atoms with E-state index in [0.717, 1.165) is 29.5 Å². The normalized spacial score (nSPS) is 12.3. The maximum absolute atomic E-state index is 5.12. The molecule has 260 valence electrons. The van der Waals surface area contributed by atoms with Crippen LogP contribution in [0.3, 0.4) is 0 Å². The number of rotatable bonds is 7. The first-order valence-electron chi connectivity index (χ1n) is 18.7. The lowest BCUT2D eigenvalue weighted by molar-refractivity contribution is 1.03. The minimum Gasteiger partial charge on any atom is -0.208 e. The highest BCUT2D eigenvalue weighted by atomic mass is 32.1. The molecule has 7 aromatic carbocycles. The number of thiophene rings is 1. The monoisotopic (exact) mass is 721 g/mol. The Balaban J connectivity index is 1.08. The third kappa shape index (κ3) is 6.47. The van der Waals surface area contributed by atoms with E-state index in [1.165, 1.54) is 65.0 Å². The van der Waals surface area contributed by atoms with Crippen LogP contribution in [0, 0.1) is 0 Å². The zero-order valence-corrected chi connectivity index (χ0v) is 30.9. The fraction of sp³-hybridized carbons (Fsp3) is 0.0392. The first kappa shape index (κ1) is 32.9. The molecule has 0 bridgehead atoms. The fourth-order valence-corrected chi connectivity index (χ4v) is 8.89. The third-order valence-electron chi connectivity index (χ3n) is 10.4. The van der Waals surface area contributed by atoms with Crippen molar-refractivity contribution < 1.29 is 0 Å². The van der Waals surface area contributed by atoms with Gasteiger partial charge in [0.1, 0.15) is 0 Å². The van der Waals surface area contributed by atoms with Crippen LogP contribution in [-0.2, 0) is 6.42 Å². The predicted octanol–water partition coefficient (Wildman–Crippen LogP) is 13.6. The second kappa shape index (κ2) is 14.2. The summed E-state index contributed by atoms with van der Waals surface area (Å²) >= 11 is 1.89. The number of hydrogen-bond donors (Lipinski definition) is 0. The van der Waals surface area contributed by atoms with Crippen molar-refractivity contribution in [2.75, 3.05) is 0 Å². The lowest BCUT2D eigenvalue weighted by Gasteiger charge is -2.16. The molecule has 0 unspecified atom stereocenters. The van der Waals surface area contributed by atoms with Crippen molar-refractivity contribution in [3.05, 3.63) is 198 Å². The molecular formula is C51H35N3S. The summed E-state index contributed by atoms with van der Waals surface area (Å²) in [6, 6.07) is 64.3. The molecule has 1 aliphatic rings. The summed E-state index contributed by atoms with van der Waals surface area (Å²) in [6.07, 6.45) is 4.40. The van der Waals surface area contributed by atoms with Crippen LogP contribution in [0.25, 0.3) is 89.3 Å². The van der Waals surface area contributed by atoms with Gasteiger partial charge in [-0.3, -0.25) is 0 Å². The van der Waals surface area contributed by atoms with E-state index in [1.54, 1.807) is 0 Å². The predicted molar refractivity (Wildman–Crippen MR) is 230 cm³/mol. The minimum absolute atomic E-state index is 0.672. The second-order valence-corrected chi connectivity index (χ2v) is 15.1. The van der Waals surface area contributed by atoms with Crippen molar-refractivity contribution in [3.8, 4) is 67.5 Å². The molecule has 0 saturated carbocycles. The average Bonchev–Trinajstić information content (AvgIpc) is 3.66. The Morgan fingerprint density at radius 1 is 0.364 bits per heavy atom. The van der Waals surface area contributed by atoms with E-state index < -0.39 is 0 Å². The first-order valence-corrected chi connectivity index (χ1v) is 19.5. The van der Waals surface area contributed by atoms with E-state index in [2.05, 4.69) is 152 Å². The second-order valence-electron chi connectivity index (χ2n) is 13.9. The summed E-state index contributed by atoms with van der Waals surface area (Å²) in [4.78, 5) is 16.6. The van der Waals surface area contributed by atoms with Crippen molar-refractivity contribution in [2.24, 2.45) is 0 Å². The van der Waals surface area contributed by atoms with Crippen molar-refractivity contribution in [1.82, 2.24) is 15.0 Å². The van der Waals surface area contributed by atoms with E-state index in [1.807, 2.05) is 47.7 Å². The fourth-order valence-electron chi connectivity index (χ4n) is 7.68. The number of nitrogens with zero attached hydrogens (tertiary/aromatic N) is 3. The molecule has 0 saturated heterocycles. The molecule has 1 aliphatic carbocycles. The van der Waals surface area contributed by atoms with Gasteiger partial charge in [0.25, 0.3) is 0 Å². The van der Waals surface area contributed by atoms with Gasteiger partial charge in [0.2, 0.25) is 0 Å². The SMILES string of the molecule is C1=C(c2cccc(-c3cc(-c4ccccc4)cc(-c4ccccc4)c3)c2)CCc2sc3cccc(-c4nc(-c5ccccc5)nc(-c5ccccc5)n4)c3c21. The van der Waals surface area contributed by atoms with Crippen molar-refractivity contribution in [2.45, 2.75) is 12.8 Å². The van der Waals surface area contributed by atoms with Crippen LogP contribution in [0.1, 0.15) is 22.4 Å². The summed E-state index contributed by atoms with van der Waals surface area (Å²) in [5.41, 5.74) is 14.1. The van der Waals surface area contributed by atoms with E-state index in [-0.39, 0.29) is 0 Å². The molecule has 0 spiro atoms. The van der Waals surface area contributed by atoms with Crippen molar-refractivity contribution in [3.63, 3.8) is 0 Å². The van der Waals surface area contributed by atoms with Crippen LogP contribution in [0.2, 0.25) is 0 Å². The van der Waals surface area contributed by atoms with E-state index >= 15 is 0 Å². The molecule has 3 nitrogen and oxygen atoms in total. The zero-order chi connectivity index (χ0) is 36.6. The first-order chi connectivity index (χ1) is 27.2. The molecule has 0 aliphatic heterocycles. The number of allylic oxidation sites excluding steroid dienone is 1. The molecule has 0 amide bonds. The van der Waals surface area contributed by atoms with Crippen LogP contribution in [-0.4, -0.2) is 15.0 Å². The number of hydrogen-bond acceptors (Lipinski definition) is 4. The van der Waals surface area contributed by atoms with Gasteiger partial charge < -0.3 is 0 Å². The molecule has 2 heterocycles. The third-order valence-corrected chi connectivity index (χ3v) is 11.7. The van der Waals surface area contributed by atoms with Crippen molar-refractivity contribution >= 4 is 33.1 Å². The van der Waals surface area contributed by atoms with Gasteiger partial charge in [0, 0.05) is 31.7 Å². The number of fused-ring (bicyclic) bond motifs is 3. The Kier molecular flexibility index (Phi) is 8.51. The van der Waals surface area contributed by atoms with Gasteiger partial charge >= 0.3 is 0 Å². The highest BCUT2D eigenvalue weighted by molar-refractivity contribution is 7.19. The molecule has 9 aromatic rings. The molecule has 55 heavy (non-hydrogen) atoms. The maximum Gasteiger partial charge on any atom is 0.164 e. The summed E-state index contributed by atoms with van der Waals surface area (Å²) in [6.45, 7) is 0. The van der Waals surface area contributed by atoms with Gasteiger partial charge in [-0.15, -0.1) is 11.3 Å². The van der Waals surface area contributed by atoms with Crippen LogP contribution in [0.5, 0.6) is 0 Å². The molecule has 0 radical (unpaired) electrons. The molecule has 0 N–H and O–H groups in total. The molecule has 2 aromatic heterocycles. The summed E-state index contributed by atoms with van der Waals surface area (Å²) in [7, 11) is 0. The highest BCUT2D eigenvalue weighted by Crippen LogP contribution is 2.44. The Labute approximate surface area is 325 Å². The van der Waals surface area contributed by atoms with Crippen LogP contribution in [0.4, 0.5) is 0 Å². The molecule has 4 heteroatoms. The largest absolute Gasteiger partial charge is 0.208 e. The molecule has 10 rings (SSSR count). The van der Waals surface area contributed by atoms with Gasteiger partial charge in [-0.2, -0.15) is 0 Å². The highest BCUT2D eigenvalue weighted by Gasteiger charge is 2.22. The molecule has 0 atom stereocenters. The van der Waals surface area contributed by atoms with Gasteiger partial charge in [-0.05, 0) is 99.3 Å². The number of aryl methyl sites for hydroxylation is 1. The smallest absolute Gasteiger partial charge is 0.164 e. The standard InChI is InChI=1S/C51H35N3S/c1-5-15-34(16-6-1)41-30-42(35-17-7-2-8-18-35)32-43(31-41)39-24-13-23-38(29-39)40-27-28-46-45(33-40)48-44(25-14-26-47(48)55-46)51-53-49(36-19-9-3-10-20-36)52-50(54-51)37-21-11-4-12-22-37/h1-26,29-33H,27-28H2. The van der Waals surface area contributed by atoms with Gasteiger partial charge in [0.05, 0.1) is 0 Å². The van der Waals surface area contributed by atoms with E-state index in [9.17, 15) is 0 Å². The summed E-state index contributed by atoms with van der Waals surface area (Å²) < 4.78 is 1.25. The lowest BCUT2D eigenvalue weighted by atomic mass is 9.88. The molecule has 0 fully saturated rings. The van der Waals surface area contributed by atoms with Gasteiger partial charge in [-0.25, -0.2) is 15.0 Å². The van der Waals surface area contributed by atoms with E-state index in [4.69, 9.17) is 15.0 Å². The Hall–Kier alpha value is -6.75. The zero-order valence-electron chi connectivity index (χ0n) is 30.1. The average molecular weight is 722 g/mol. The Morgan fingerprint density at radius 2 is 0.818 bits per heavy atom. The van der Waals surface area contributed by atoms with Gasteiger partial charge in [-0.1, -0.05) is 152 Å². The summed E-state index contributed by atoms with van der Waals surface area (Å²) in [5, 5.41) is 1.21.